The number of amides is 1. The summed E-state index contributed by atoms with van der Waals surface area (Å²) in [5, 5.41) is 2.86. The molecular formula is C11H18N4O. The molecule has 1 atom stereocenters. The Hall–Kier alpha value is -1.65. The second-order valence-corrected chi connectivity index (χ2v) is 4.33. The Kier molecular flexibility index (Phi) is 4.22. The Morgan fingerprint density at radius 3 is 2.56 bits per heavy atom. The van der Waals surface area contributed by atoms with Gasteiger partial charge in [-0.25, -0.2) is 9.97 Å². The fourth-order valence-corrected chi connectivity index (χ4v) is 1.52. The first-order valence-electron chi connectivity index (χ1n) is 5.37. The largest absolute Gasteiger partial charge is 0.382 e. The number of carbonyl (C=O) groups excluding carboxylic acids is 1. The van der Waals surface area contributed by atoms with Crippen molar-refractivity contribution in [1.82, 2.24) is 15.3 Å². The monoisotopic (exact) mass is 222 g/mol. The second kappa shape index (κ2) is 5.44. The third kappa shape index (κ3) is 3.84. The van der Waals surface area contributed by atoms with E-state index in [4.69, 9.17) is 5.73 Å². The molecule has 0 aliphatic heterocycles. The van der Waals surface area contributed by atoms with Crippen LogP contribution < -0.4 is 11.1 Å². The molecule has 0 aliphatic carbocycles. The maximum absolute atomic E-state index is 11.7. The smallest absolute Gasteiger partial charge is 0.271 e. The van der Waals surface area contributed by atoms with Gasteiger partial charge in [0.1, 0.15) is 11.5 Å². The van der Waals surface area contributed by atoms with Crippen LogP contribution in [0.3, 0.4) is 0 Å². The third-order valence-electron chi connectivity index (χ3n) is 2.11. The molecule has 0 aromatic carbocycles. The Labute approximate surface area is 95.5 Å². The fraction of sp³-hybridized carbons (Fsp3) is 0.545. The van der Waals surface area contributed by atoms with Gasteiger partial charge < -0.3 is 11.1 Å². The van der Waals surface area contributed by atoms with Crippen LogP contribution in [0.15, 0.2) is 12.4 Å². The zero-order valence-electron chi connectivity index (χ0n) is 9.90. The highest BCUT2D eigenvalue weighted by Crippen LogP contribution is 2.04. The zero-order valence-corrected chi connectivity index (χ0v) is 9.90. The molecule has 1 rings (SSSR count). The molecule has 16 heavy (non-hydrogen) atoms. The molecule has 0 spiro atoms. The van der Waals surface area contributed by atoms with Crippen molar-refractivity contribution in [2.45, 2.75) is 33.2 Å². The van der Waals surface area contributed by atoms with Gasteiger partial charge in [0.2, 0.25) is 0 Å². The Morgan fingerprint density at radius 1 is 1.38 bits per heavy atom. The normalized spacial score (nSPS) is 12.5. The first-order valence-corrected chi connectivity index (χ1v) is 5.37. The highest BCUT2D eigenvalue weighted by molar-refractivity contribution is 5.92. The van der Waals surface area contributed by atoms with Gasteiger partial charge >= 0.3 is 0 Å². The second-order valence-electron chi connectivity index (χ2n) is 4.33. The van der Waals surface area contributed by atoms with Crippen LogP contribution in [0.2, 0.25) is 0 Å². The minimum Gasteiger partial charge on any atom is -0.382 e. The van der Waals surface area contributed by atoms with Crippen LogP contribution in [0.1, 0.15) is 37.7 Å². The molecule has 3 N–H and O–H groups in total. The molecule has 0 aliphatic rings. The average Bonchev–Trinajstić information content (AvgIpc) is 2.16. The fourth-order valence-electron chi connectivity index (χ4n) is 1.52. The van der Waals surface area contributed by atoms with Crippen molar-refractivity contribution in [3.8, 4) is 0 Å². The van der Waals surface area contributed by atoms with Gasteiger partial charge in [-0.05, 0) is 19.3 Å². The van der Waals surface area contributed by atoms with Gasteiger partial charge in [0.25, 0.3) is 5.91 Å². The van der Waals surface area contributed by atoms with E-state index in [0.29, 0.717) is 17.4 Å². The third-order valence-corrected chi connectivity index (χ3v) is 2.11. The summed E-state index contributed by atoms with van der Waals surface area (Å²) in [4.78, 5) is 19.4. The summed E-state index contributed by atoms with van der Waals surface area (Å²) in [6.45, 7) is 6.21. The molecule has 0 fully saturated rings. The summed E-state index contributed by atoms with van der Waals surface area (Å²) < 4.78 is 0. The van der Waals surface area contributed by atoms with Crippen LogP contribution in [0, 0.1) is 5.92 Å². The molecule has 0 saturated heterocycles. The van der Waals surface area contributed by atoms with Crippen LogP contribution in [0.4, 0.5) is 5.82 Å². The Morgan fingerprint density at radius 2 is 2.06 bits per heavy atom. The molecule has 5 nitrogen and oxygen atoms in total. The number of rotatable bonds is 4. The van der Waals surface area contributed by atoms with Crippen molar-refractivity contribution >= 4 is 11.7 Å². The predicted molar refractivity (Wildman–Crippen MR) is 62.8 cm³/mol. The van der Waals surface area contributed by atoms with E-state index < -0.39 is 0 Å². The van der Waals surface area contributed by atoms with Gasteiger partial charge in [-0.1, -0.05) is 13.8 Å². The van der Waals surface area contributed by atoms with Gasteiger partial charge in [0.05, 0.1) is 12.4 Å². The zero-order chi connectivity index (χ0) is 12.1. The molecule has 1 heterocycles. The first kappa shape index (κ1) is 12.4. The van der Waals surface area contributed by atoms with E-state index in [1.807, 2.05) is 6.92 Å². The molecule has 0 saturated carbocycles. The van der Waals surface area contributed by atoms with E-state index in [9.17, 15) is 4.79 Å². The average molecular weight is 222 g/mol. The summed E-state index contributed by atoms with van der Waals surface area (Å²) in [5.74, 6) is 0.653. The number of nitrogen functional groups attached to an aromatic ring is 1. The lowest BCUT2D eigenvalue weighted by Crippen LogP contribution is -2.34. The van der Waals surface area contributed by atoms with E-state index in [2.05, 4.69) is 29.1 Å². The minimum absolute atomic E-state index is 0.131. The topological polar surface area (TPSA) is 80.9 Å². The van der Waals surface area contributed by atoms with Gasteiger partial charge in [-0.3, -0.25) is 4.79 Å². The van der Waals surface area contributed by atoms with Crippen molar-refractivity contribution in [3.63, 3.8) is 0 Å². The van der Waals surface area contributed by atoms with Crippen LogP contribution in [0.25, 0.3) is 0 Å². The van der Waals surface area contributed by atoms with Gasteiger partial charge in [-0.2, -0.15) is 0 Å². The highest BCUT2D eigenvalue weighted by atomic mass is 16.1. The number of hydrogen-bond acceptors (Lipinski definition) is 4. The molecule has 88 valence electrons. The number of anilines is 1. The van der Waals surface area contributed by atoms with Crippen LogP contribution in [-0.2, 0) is 0 Å². The number of hydrogen-bond donors (Lipinski definition) is 2. The predicted octanol–water partition coefficient (Wildman–Crippen LogP) is 1.22. The van der Waals surface area contributed by atoms with Gasteiger partial charge in [0, 0.05) is 6.04 Å². The van der Waals surface area contributed by atoms with E-state index in [1.165, 1.54) is 12.4 Å². The first-order chi connectivity index (χ1) is 7.49. The number of nitrogens with two attached hydrogens (primary N) is 1. The van der Waals surface area contributed by atoms with E-state index in [1.54, 1.807) is 0 Å². The van der Waals surface area contributed by atoms with E-state index in [-0.39, 0.29) is 11.9 Å². The molecule has 5 heteroatoms. The van der Waals surface area contributed by atoms with Crippen molar-refractivity contribution in [3.05, 3.63) is 18.1 Å². The lowest BCUT2D eigenvalue weighted by molar-refractivity contribution is 0.0930. The summed E-state index contributed by atoms with van der Waals surface area (Å²) in [7, 11) is 0. The lowest BCUT2D eigenvalue weighted by atomic mass is 10.1. The molecule has 0 radical (unpaired) electrons. The van der Waals surface area contributed by atoms with Crippen LogP contribution in [-0.4, -0.2) is 21.9 Å². The summed E-state index contributed by atoms with van der Waals surface area (Å²) >= 11 is 0. The summed E-state index contributed by atoms with van der Waals surface area (Å²) in [6.07, 6.45) is 3.70. The number of aromatic nitrogens is 2. The van der Waals surface area contributed by atoms with Crippen molar-refractivity contribution in [2.24, 2.45) is 5.92 Å². The minimum atomic E-state index is -0.208. The molecule has 1 aromatic rings. The summed E-state index contributed by atoms with van der Waals surface area (Å²) in [6, 6.07) is 0.131. The molecule has 1 aromatic heterocycles. The molecule has 0 bridgehead atoms. The van der Waals surface area contributed by atoms with Crippen LogP contribution in [0.5, 0.6) is 0 Å². The van der Waals surface area contributed by atoms with Crippen molar-refractivity contribution in [1.29, 1.82) is 0 Å². The Bertz CT molecular complexity index is 348. The number of nitrogens with one attached hydrogen (secondary N) is 1. The van der Waals surface area contributed by atoms with E-state index in [0.717, 1.165) is 6.42 Å². The van der Waals surface area contributed by atoms with Gasteiger partial charge in [-0.15, -0.1) is 0 Å². The quantitative estimate of drug-likeness (QED) is 0.802. The highest BCUT2D eigenvalue weighted by Gasteiger charge is 2.12. The maximum Gasteiger partial charge on any atom is 0.271 e. The van der Waals surface area contributed by atoms with Crippen molar-refractivity contribution in [2.75, 3.05) is 5.73 Å². The van der Waals surface area contributed by atoms with E-state index >= 15 is 0 Å². The Balaban J connectivity index is 2.55. The SMILES string of the molecule is CC(C)CC(C)NC(=O)c1cnc(N)cn1. The van der Waals surface area contributed by atoms with Crippen molar-refractivity contribution < 1.29 is 4.79 Å². The van der Waals surface area contributed by atoms with Crippen LogP contribution >= 0.6 is 0 Å². The van der Waals surface area contributed by atoms with Gasteiger partial charge in [0.15, 0.2) is 0 Å². The lowest BCUT2D eigenvalue weighted by Gasteiger charge is -2.15. The maximum atomic E-state index is 11.7. The molecule has 1 unspecified atom stereocenters. The molecule has 1 amide bonds. The standard InChI is InChI=1S/C11H18N4O/c1-7(2)4-8(3)15-11(16)9-5-14-10(12)6-13-9/h5-8H,4H2,1-3H3,(H2,12,14)(H,15,16). The summed E-state index contributed by atoms with van der Waals surface area (Å²) in [5.41, 5.74) is 5.68. The number of nitrogens with zero attached hydrogens (tertiary/aromatic N) is 2. The number of carbonyl (C=O) groups is 1. The molecular weight excluding hydrogens is 204 g/mol.